The van der Waals surface area contributed by atoms with E-state index in [1.54, 1.807) is 24.0 Å². The summed E-state index contributed by atoms with van der Waals surface area (Å²) in [7, 11) is 3.45. The van der Waals surface area contributed by atoms with Crippen molar-refractivity contribution in [1.29, 1.82) is 0 Å². The second-order valence-electron chi connectivity index (χ2n) is 13.8. The molecule has 4 saturated heterocycles. The van der Waals surface area contributed by atoms with Crippen LogP contribution in [0, 0.1) is 29.6 Å². The van der Waals surface area contributed by atoms with Crippen molar-refractivity contribution in [3.05, 3.63) is 0 Å². The Bertz CT molecular complexity index is 914. The van der Waals surface area contributed by atoms with Gasteiger partial charge in [-0.05, 0) is 62.8 Å². The first kappa shape index (κ1) is 31.3. The van der Waals surface area contributed by atoms with Crippen LogP contribution in [0.1, 0.15) is 44.9 Å². The fourth-order valence-electron chi connectivity index (χ4n) is 8.94. The number of fused-ring (bicyclic) bond motifs is 1. The third-order valence-electron chi connectivity index (χ3n) is 11.0. The first-order chi connectivity index (χ1) is 19.9. The number of hydrogen-bond donors (Lipinski definition) is 5. The normalized spacial score (nSPS) is 44.4. The summed E-state index contributed by atoms with van der Waals surface area (Å²) in [5.74, 6) is 1.28. The smallest absolute Gasteiger partial charge is 0.366 e. The van der Waals surface area contributed by atoms with Crippen molar-refractivity contribution < 1.29 is 31.1 Å². The number of hydrogen-bond acceptors (Lipinski definition) is 8. The van der Waals surface area contributed by atoms with Crippen LogP contribution in [0.25, 0.3) is 0 Å². The quantitative estimate of drug-likeness (QED) is 0.281. The predicted octanol–water partition coefficient (Wildman–Crippen LogP) is 2.24. The lowest BCUT2D eigenvalue weighted by Gasteiger charge is -2.48. The fourth-order valence-corrected chi connectivity index (χ4v) is 8.94. The monoisotopic (exact) mass is 611 g/mol. The molecular weight excluding hydrogens is 564 g/mol. The zero-order valence-electron chi connectivity index (χ0n) is 24.5. The molecule has 42 heavy (non-hydrogen) atoms. The van der Waals surface area contributed by atoms with Gasteiger partial charge in [-0.15, -0.1) is 0 Å². The summed E-state index contributed by atoms with van der Waals surface area (Å²) in [5.41, 5.74) is 0. The molecule has 9 atom stereocenters. The van der Waals surface area contributed by atoms with Crippen LogP contribution in [0.3, 0.4) is 0 Å². The summed E-state index contributed by atoms with van der Waals surface area (Å²) in [6, 6.07) is -1.53. The van der Waals surface area contributed by atoms with Gasteiger partial charge in [-0.3, -0.25) is 31.1 Å². The molecule has 0 amide bonds. The summed E-state index contributed by atoms with van der Waals surface area (Å²) in [4.78, 5) is 3.39. The average molecular weight is 612 g/mol. The van der Waals surface area contributed by atoms with Crippen LogP contribution in [0.5, 0.6) is 0 Å². The SMILES string of the molecule is COC1NCNC(C2CC2)C1C1NCC2C(N1)C(CC1CCC(C3NC(C(F)(F)F)CN3C)CC1)CN2CC(F)(F)F. The highest BCUT2D eigenvalue weighted by Gasteiger charge is 2.53. The molecule has 6 fully saturated rings. The average Bonchev–Trinajstić information content (AvgIpc) is 3.63. The minimum Gasteiger partial charge on any atom is -0.366 e. The van der Waals surface area contributed by atoms with E-state index in [0.29, 0.717) is 31.6 Å². The lowest BCUT2D eigenvalue weighted by molar-refractivity contribution is -0.151. The largest absolute Gasteiger partial charge is 0.405 e. The molecule has 6 rings (SSSR count). The zero-order chi connectivity index (χ0) is 29.8. The Morgan fingerprint density at radius 1 is 0.833 bits per heavy atom. The van der Waals surface area contributed by atoms with E-state index in [2.05, 4.69) is 26.6 Å². The van der Waals surface area contributed by atoms with Gasteiger partial charge in [0.2, 0.25) is 0 Å². The second-order valence-corrected chi connectivity index (χ2v) is 13.8. The summed E-state index contributed by atoms with van der Waals surface area (Å²) in [6.45, 7) is 0.613. The molecule has 0 radical (unpaired) electrons. The van der Waals surface area contributed by atoms with Crippen LogP contribution >= 0.6 is 0 Å². The minimum absolute atomic E-state index is 0.0350. The van der Waals surface area contributed by atoms with Gasteiger partial charge in [-0.2, -0.15) is 26.3 Å². The number of nitrogens with one attached hydrogen (secondary N) is 5. The Balaban J connectivity index is 1.11. The van der Waals surface area contributed by atoms with Crippen molar-refractivity contribution in [1.82, 2.24) is 36.4 Å². The lowest BCUT2D eigenvalue weighted by atomic mass is 9.75. The van der Waals surface area contributed by atoms with Crippen LogP contribution < -0.4 is 26.6 Å². The van der Waals surface area contributed by atoms with Crippen molar-refractivity contribution in [3.8, 4) is 0 Å². The number of likely N-dealkylation sites (tertiary alicyclic amines) is 1. The number of rotatable bonds is 7. The second kappa shape index (κ2) is 12.2. The van der Waals surface area contributed by atoms with Crippen molar-refractivity contribution in [3.63, 3.8) is 0 Å². The number of likely N-dealkylation sites (N-methyl/N-ethyl adjacent to an activating group) is 1. The molecule has 8 nitrogen and oxygen atoms in total. The van der Waals surface area contributed by atoms with Crippen molar-refractivity contribution in [2.45, 2.75) is 100 Å². The Labute approximate surface area is 244 Å². The number of nitrogens with zero attached hydrogens (tertiary/aromatic N) is 2. The molecule has 14 heteroatoms. The summed E-state index contributed by atoms with van der Waals surface area (Å²) >= 11 is 0. The van der Waals surface area contributed by atoms with Gasteiger partial charge >= 0.3 is 12.4 Å². The zero-order valence-corrected chi connectivity index (χ0v) is 24.5. The molecule has 9 unspecified atom stereocenters. The molecule has 4 heterocycles. The summed E-state index contributed by atoms with van der Waals surface area (Å²) in [6.07, 6.45) is -2.40. The van der Waals surface area contributed by atoms with E-state index in [0.717, 1.165) is 32.1 Å². The van der Waals surface area contributed by atoms with E-state index in [9.17, 15) is 26.3 Å². The number of alkyl halides is 6. The fraction of sp³-hybridized carbons (Fsp3) is 1.00. The standard InChI is InChI=1S/C28H47F6N7O/c1-40-12-20(28(32,33)34)38-25(40)17-5-3-15(4-6-17)9-18-11-41(13-27(29,30)31)19-10-35-24(39-22(18)19)21-23(16-7-8-16)36-14-37-26(21)42-2/h15-26,35-39H,3-14H2,1-2H3. The minimum atomic E-state index is -4.27. The van der Waals surface area contributed by atoms with Gasteiger partial charge in [0.05, 0.1) is 18.9 Å². The van der Waals surface area contributed by atoms with E-state index in [-0.39, 0.29) is 61.0 Å². The maximum absolute atomic E-state index is 13.6. The number of ether oxygens (including phenoxy) is 1. The molecule has 0 aromatic carbocycles. The molecule has 242 valence electrons. The van der Waals surface area contributed by atoms with Gasteiger partial charge in [0.1, 0.15) is 12.3 Å². The number of methoxy groups -OCH3 is 1. The van der Waals surface area contributed by atoms with E-state index >= 15 is 0 Å². The van der Waals surface area contributed by atoms with Crippen LogP contribution in [-0.2, 0) is 4.74 Å². The molecule has 2 aliphatic carbocycles. The molecular formula is C28H47F6N7O. The Morgan fingerprint density at radius 2 is 1.55 bits per heavy atom. The van der Waals surface area contributed by atoms with Gasteiger partial charge in [-0.25, -0.2) is 0 Å². The van der Waals surface area contributed by atoms with E-state index in [1.165, 1.54) is 12.8 Å². The topological polar surface area (TPSA) is 75.9 Å². The molecule has 0 spiro atoms. The van der Waals surface area contributed by atoms with Crippen molar-refractivity contribution >= 4 is 0 Å². The van der Waals surface area contributed by atoms with Gasteiger partial charge in [-0.1, -0.05) is 12.8 Å². The van der Waals surface area contributed by atoms with E-state index in [4.69, 9.17) is 4.74 Å². The molecule has 0 bridgehead atoms. The van der Waals surface area contributed by atoms with Crippen molar-refractivity contribution in [2.24, 2.45) is 29.6 Å². The van der Waals surface area contributed by atoms with Crippen LogP contribution in [-0.4, -0.2) is 112 Å². The highest BCUT2D eigenvalue weighted by Crippen LogP contribution is 2.42. The predicted molar refractivity (Wildman–Crippen MR) is 145 cm³/mol. The molecule has 6 aliphatic rings. The first-order valence-electron chi connectivity index (χ1n) is 15.7. The van der Waals surface area contributed by atoms with E-state index < -0.39 is 24.9 Å². The van der Waals surface area contributed by atoms with Gasteiger partial charge in [0.15, 0.2) is 0 Å². The van der Waals surface area contributed by atoms with Crippen LogP contribution in [0.4, 0.5) is 26.3 Å². The van der Waals surface area contributed by atoms with Crippen molar-refractivity contribution in [2.75, 3.05) is 47.0 Å². The molecule has 0 aromatic heterocycles. The van der Waals surface area contributed by atoms with Gasteiger partial charge in [0, 0.05) is 57.5 Å². The highest BCUT2D eigenvalue weighted by atomic mass is 19.4. The maximum atomic E-state index is 13.6. The Morgan fingerprint density at radius 3 is 2.17 bits per heavy atom. The third kappa shape index (κ3) is 6.75. The molecule has 4 aliphatic heterocycles. The van der Waals surface area contributed by atoms with Crippen LogP contribution in [0.2, 0.25) is 0 Å². The van der Waals surface area contributed by atoms with Crippen LogP contribution in [0.15, 0.2) is 0 Å². The van der Waals surface area contributed by atoms with E-state index in [1.807, 2.05) is 0 Å². The Kier molecular flexibility index (Phi) is 9.09. The summed E-state index contributed by atoms with van der Waals surface area (Å²) < 4.78 is 86.5. The Hall–Kier alpha value is -0.740. The molecule has 2 saturated carbocycles. The molecule has 0 aromatic rings. The van der Waals surface area contributed by atoms with Gasteiger partial charge in [0.25, 0.3) is 0 Å². The summed E-state index contributed by atoms with van der Waals surface area (Å²) in [5, 5.41) is 17.2. The number of halogens is 6. The highest BCUT2D eigenvalue weighted by molar-refractivity contribution is 5.08. The maximum Gasteiger partial charge on any atom is 0.405 e. The first-order valence-corrected chi connectivity index (χ1v) is 15.7. The molecule has 5 N–H and O–H groups in total. The lowest BCUT2D eigenvalue weighted by Crippen LogP contribution is -2.72. The third-order valence-corrected chi connectivity index (χ3v) is 11.0. The van der Waals surface area contributed by atoms with Gasteiger partial charge < -0.3 is 10.1 Å².